The van der Waals surface area contributed by atoms with Crippen LogP contribution in [0.1, 0.15) is 44.7 Å². The van der Waals surface area contributed by atoms with E-state index in [4.69, 9.17) is 0 Å². The summed E-state index contributed by atoms with van der Waals surface area (Å²) in [6, 6.07) is 5.58. The Labute approximate surface area is 91.5 Å². The van der Waals surface area contributed by atoms with Crippen LogP contribution in [0.4, 0.5) is 4.39 Å². The fourth-order valence-electron chi connectivity index (χ4n) is 1.83. The molecule has 1 aliphatic rings. The summed E-state index contributed by atoms with van der Waals surface area (Å²) in [4.78, 5) is 0. The lowest BCUT2D eigenvalue weighted by Crippen LogP contribution is -2.12. The number of benzene rings is 1. The van der Waals surface area contributed by atoms with Gasteiger partial charge in [-0.25, -0.2) is 4.39 Å². The molecular weight excluding hydrogens is 187 g/mol. The van der Waals surface area contributed by atoms with Crippen LogP contribution in [0.15, 0.2) is 18.2 Å². The van der Waals surface area contributed by atoms with Crippen LogP contribution in [0.3, 0.4) is 0 Å². The third-order valence-electron chi connectivity index (χ3n) is 3.12. The highest BCUT2D eigenvalue weighted by Gasteiger charge is 2.24. The molecule has 0 amide bonds. The van der Waals surface area contributed by atoms with Crippen LogP contribution >= 0.6 is 0 Å². The van der Waals surface area contributed by atoms with Crippen molar-refractivity contribution in [3.63, 3.8) is 0 Å². The van der Waals surface area contributed by atoms with Crippen LogP contribution in [0.25, 0.3) is 0 Å². The third-order valence-corrected chi connectivity index (χ3v) is 3.12. The number of hydrogen-bond donors (Lipinski definition) is 0. The first kappa shape index (κ1) is 10.7. The molecule has 0 aromatic heterocycles. The van der Waals surface area contributed by atoms with Gasteiger partial charge in [0.15, 0.2) is 0 Å². The van der Waals surface area contributed by atoms with E-state index in [1.54, 1.807) is 6.07 Å². The lowest BCUT2D eigenvalue weighted by atomic mass is 9.85. The Hall–Kier alpha value is -0.850. The highest BCUT2D eigenvalue weighted by atomic mass is 19.1. The Morgan fingerprint density at radius 3 is 2.47 bits per heavy atom. The average molecular weight is 206 g/mol. The minimum atomic E-state index is -0.0325. The summed E-state index contributed by atoms with van der Waals surface area (Å²) in [5.74, 6) is 0.713. The predicted octanol–water partition coefficient (Wildman–Crippen LogP) is 4.08. The van der Waals surface area contributed by atoms with Crippen molar-refractivity contribution in [1.29, 1.82) is 0 Å². The zero-order valence-corrected chi connectivity index (χ0v) is 9.81. The van der Waals surface area contributed by atoms with Gasteiger partial charge in [0.2, 0.25) is 0 Å². The Balaban J connectivity index is 2.27. The van der Waals surface area contributed by atoms with Crippen molar-refractivity contribution < 1.29 is 4.39 Å². The number of rotatable bonds is 2. The van der Waals surface area contributed by atoms with Crippen molar-refractivity contribution in [2.24, 2.45) is 5.92 Å². The first-order valence-electron chi connectivity index (χ1n) is 5.76. The van der Waals surface area contributed by atoms with Gasteiger partial charge in [-0.2, -0.15) is 0 Å². The minimum absolute atomic E-state index is 0.0325. The standard InChI is InChI=1S/C14H19F/c1-14(2,3)12-6-7-13(15)11(9-12)8-10-4-5-10/h6-7,9-10H,4-5,8H2,1-3H3. The highest BCUT2D eigenvalue weighted by Crippen LogP contribution is 2.34. The summed E-state index contributed by atoms with van der Waals surface area (Å²) in [7, 11) is 0. The molecule has 1 aromatic carbocycles. The van der Waals surface area contributed by atoms with Gasteiger partial charge in [-0.15, -0.1) is 0 Å². The summed E-state index contributed by atoms with van der Waals surface area (Å²) in [5, 5.41) is 0. The van der Waals surface area contributed by atoms with Crippen molar-refractivity contribution in [2.45, 2.75) is 45.4 Å². The van der Waals surface area contributed by atoms with Gasteiger partial charge in [0.1, 0.15) is 5.82 Å². The normalized spacial score (nSPS) is 16.8. The fourth-order valence-corrected chi connectivity index (χ4v) is 1.83. The molecule has 0 heterocycles. The summed E-state index contributed by atoms with van der Waals surface area (Å²) >= 11 is 0. The average Bonchev–Trinajstić information content (AvgIpc) is 2.90. The van der Waals surface area contributed by atoms with E-state index in [0.29, 0.717) is 0 Å². The lowest BCUT2D eigenvalue weighted by molar-refractivity contribution is 0.572. The molecule has 0 spiro atoms. The van der Waals surface area contributed by atoms with Crippen LogP contribution in [0.2, 0.25) is 0 Å². The first-order chi connectivity index (χ1) is 6.97. The maximum Gasteiger partial charge on any atom is 0.126 e. The van der Waals surface area contributed by atoms with Gasteiger partial charge in [-0.3, -0.25) is 0 Å². The van der Waals surface area contributed by atoms with Gasteiger partial charge < -0.3 is 0 Å². The zero-order valence-electron chi connectivity index (χ0n) is 9.81. The van der Waals surface area contributed by atoms with E-state index >= 15 is 0 Å². The molecule has 1 aromatic rings. The molecule has 1 saturated carbocycles. The SMILES string of the molecule is CC(C)(C)c1ccc(F)c(CC2CC2)c1. The molecule has 0 unspecified atom stereocenters. The van der Waals surface area contributed by atoms with E-state index in [2.05, 4.69) is 20.8 Å². The Bertz CT molecular complexity index is 356. The van der Waals surface area contributed by atoms with Gasteiger partial charge in [-0.1, -0.05) is 32.9 Å². The number of halogens is 1. The molecule has 1 fully saturated rings. The van der Waals surface area contributed by atoms with Crippen LogP contribution in [0.5, 0.6) is 0 Å². The molecule has 0 N–H and O–H groups in total. The summed E-state index contributed by atoms with van der Waals surface area (Å²) in [5.41, 5.74) is 2.26. The van der Waals surface area contributed by atoms with Crippen molar-refractivity contribution in [3.8, 4) is 0 Å². The fraction of sp³-hybridized carbons (Fsp3) is 0.571. The van der Waals surface area contributed by atoms with Crippen molar-refractivity contribution >= 4 is 0 Å². The van der Waals surface area contributed by atoms with Gasteiger partial charge >= 0.3 is 0 Å². The second-order valence-corrected chi connectivity index (χ2v) is 5.70. The van der Waals surface area contributed by atoms with E-state index in [0.717, 1.165) is 17.9 Å². The van der Waals surface area contributed by atoms with Gasteiger partial charge in [-0.05, 0) is 47.8 Å². The summed E-state index contributed by atoms with van der Waals surface area (Å²) in [6.07, 6.45) is 3.48. The monoisotopic (exact) mass is 206 g/mol. The molecule has 0 saturated heterocycles. The predicted molar refractivity (Wildman–Crippen MR) is 61.5 cm³/mol. The van der Waals surface area contributed by atoms with Crippen molar-refractivity contribution in [1.82, 2.24) is 0 Å². The maximum absolute atomic E-state index is 13.5. The third kappa shape index (κ3) is 2.58. The molecular formula is C14H19F. The molecule has 0 radical (unpaired) electrons. The molecule has 2 rings (SSSR count). The van der Waals surface area contributed by atoms with Crippen LogP contribution in [-0.4, -0.2) is 0 Å². The smallest absolute Gasteiger partial charge is 0.126 e. The number of hydrogen-bond acceptors (Lipinski definition) is 0. The van der Waals surface area contributed by atoms with Crippen molar-refractivity contribution in [3.05, 3.63) is 35.1 Å². The molecule has 1 aliphatic carbocycles. The van der Waals surface area contributed by atoms with Crippen molar-refractivity contribution in [2.75, 3.05) is 0 Å². The summed E-state index contributed by atoms with van der Waals surface area (Å²) < 4.78 is 13.5. The Kier molecular flexibility index (Phi) is 2.57. The molecule has 0 atom stereocenters. The van der Waals surface area contributed by atoms with Gasteiger partial charge in [0, 0.05) is 0 Å². The quantitative estimate of drug-likeness (QED) is 0.684. The molecule has 0 aliphatic heterocycles. The molecule has 82 valence electrons. The second kappa shape index (κ2) is 3.62. The van der Waals surface area contributed by atoms with E-state index in [1.807, 2.05) is 12.1 Å². The molecule has 0 nitrogen and oxygen atoms in total. The second-order valence-electron chi connectivity index (χ2n) is 5.70. The van der Waals surface area contributed by atoms with Crippen LogP contribution < -0.4 is 0 Å². The van der Waals surface area contributed by atoms with E-state index in [9.17, 15) is 4.39 Å². The Morgan fingerprint density at radius 2 is 1.93 bits per heavy atom. The zero-order chi connectivity index (χ0) is 11.1. The Morgan fingerprint density at radius 1 is 1.27 bits per heavy atom. The summed E-state index contributed by atoms with van der Waals surface area (Å²) in [6.45, 7) is 6.50. The first-order valence-corrected chi connectivity index (χ1v) is 5.76. The van der Waals surface area contributed by atoms with E-state index in [-0.39, 0.29) is 11.2 Å². The topological polar surface area (TPSA) is 0 Å². The van der Waals surface area contributed by atoms with E-state index < -0.39 is 0 Å². The minimum Gasteiger partial charge on any atom is -0.207 e. The molecule has 1 heteroatoms. The van der Waals surface area contributed by atoms with Gasteiger partial charge in [0.25, 0.3) is 0 Å². The lowest BCUT2D eigenvalue weighted by Gasteiger charge is -2.20. The van der Waals surface area contributed by atoms with Crippen LogP contribution in [0, 0.1) is 11.7 Å². The maximum atomic E-state index is 13.5. The van der Waals surface area contributed by atoms with E-state index in [1.165, 1.54) is 18.4 Å². The largest absolute Gasteiger partial charge is 0.207 e. The molecule has 15 heavy (non-hydrogen) atoms. The van der Waals surface area contributed by atoms with Crippen LogP contribution in [-0.2, 0) is 11.8 Å². The highest BCUT2D eigenvalue weighted by molar-refractivity contribution is 5.30. The molecule has 0 bridgehead atoms. The van der Waals surface area contributed by atoms with Gasteiger partial charge in [0.05, 0.1) is 0 Å².